The SMILES string of the molecule is Cc1ccc(C(=O)N[C@H]2CCO[C@H]2c2ncn[nH]2)c(C)n1. The van der Waals surface area contributed by atoms with Gasteiger partial charge in [0.15, 0.2) is 5.82 Å². The molecule has 2 aromatic heterocycles. The van der Waals surface area contributed by atoms with Gasteiger partial charge in [0.1, 0.15) is 12.4 Å². The summed E-state index contributed by atoms with van der Waals surface area (Å²) in [6.07, 6.45) is 1.90. The number of aromatic nitrogens is 4. The molecule has 2 aromatic rings. The molecule has 2 N–H and O–H groups in total. The Labute approximate surface area is 122 Å². The molecular formula is C14H17N5O2. The van der Waals surface area contributed by atoms with Crippen molar-refractivity contribution in [1.29, 1.82) is 0 Å². The van der Waals surface area contributed by atoms with Crippen molar-refractivity contribution < 1.29 is 9.53 Å². The van der Waals surface area contributed by atoms with Crippen LogP contribution in [0.1, 0.15) is 40.1 Å². The topological polar surface area (TPSA) is 92.8 Å². The molecule has 0 aliphatic carbocycles. The Morgan fingerprint density at radius 1 is 1.43 bits per heavy atom. The highest BCUT2D eigenvalue weighted by atomic mass is 16.5. The first-order valence-corrected chi connectivity index (χ1v) is 6.87. The molecule has 3 heterocycles. The molecule has 1 saturated heterocycles. The maximum atomic E-state index is 12.4. The van der Waals surface area contributed by atoms with Gasteiger partial charge in [0.25, 0.3) is 5.91 Å². The second-order valence-corrected chi connectivity index (χ2v) is 5.12. The minimum absolute atomic E-state index is 0.119. The molecule has 3 rings (SSSR count). The number of aryl methyl sites for hydroxylation is 2. The number of rotatable bonds is 3. The van der Waals surface area contributed by atoms with Crippen molar-refractivity contribution in [2.45, 2.75) is 32.4 Å². The second kappa shape index (κ2) is 5.61. The number of carbonyl (C=O) groups excluding carboxylic acids is 1. The molecule has 1 aliphatic heterocycles. The maximum absolute atomic E-state index is 12.4. The Kier molecular flexibility index (Phi) is 3.66. The lowest BCUT2D eigenvalue weighted by molar-refractivity contribution is 0.0791. The first kappa shape index (κ1) is 13.7. The van der Waals surface area contributed by atoms with Crippen molar-refractivity contribution in [3.05, 3.63) is 41.2 Å². The number of hydrogen-bond acceptors (Lipinski definition) is 5. The Morgan fingerprint density at radius 2 is 2.29 bits per heavy atom. The summed E-state index contributed by atoms with van der Waals surface area (Å²) >= 11 is 0. The van der Waals surface area contributed by atoms with Crippen molar-refractivity contribution in [1.82, 2.24) is 25.5 Å². The number of carbonyl (C=O) groups is 1. The van der Waals surface area contributed by atoms with Gasteiger partial charge in [-0.2, -0.15) is 5.10 Å². The fraction of sp³-hybridized carbons (Fsp3) is 0.429. The number of nitrogens with one attached hydrogen (secondary N) is 2. The first-order chi connectivity index (χ1) is 10.1. The maximum Gasteiger partial charge on any atom is 0.253 e. The molecule has 0 saturated carbocycles. The molecule has 1 aliphatic rings. The molecule has 7 nitrogen and oxygen atoms in total. The largest absolute Gasteiger partial charge is 0.368 e. The fourth-order valence-corrected chi connectivity index (χ4v) is 2.53. The lowest BCUT2D eigenvalue weighted by Crippen LogP contribution is -2.37. The third kappa shape index (κ3) is 2.78. The van der Waals surface area contributed by atoms with Crippen LogP contribution < -0.4 is 5.32 Å². The third-order valence-electron chi connectivity index (χ3n) is 3.58. The van der Waals surface area contributed by atoms with Crippen molar-refractivity contribution in [2.24, 2.45) is 0 Å². The van der Waals surface area contributed by atoms with E-state index in [4.69, 9.17) is 4.74 Å². The number of pyridine rings is 1. The van der Waals surface area contributed by atoms with Crippen LogP contribution in [-0.4, -0.2) is 38.7 Å². The van der Waals surface area contributed by atoms with Gasteiger partial charge >= 0.3 is 0 Å². The molecular weight excluding hydrogens is 270 g/mol. The number of ether oxygens (including phenoxy) is 1. The van der Waals surface area contributed by atoms with E-state index in [-0.39, 0.29) is 18.1 Å². The van der Waals surface area contributed by atoms with Crippen molar-refractivity contribution in [2.75, 3.05) is 6.61 Å². The standard InChI is InChI=1S/C14H17N5O2/c1-8-3-4-10(9(2)17-8)14(20)18-11-5-6-21-12(11)13-15-7-16-19-13/h3-4,7,11-12H,5-6H2,1-2H3,(H,18,20)(H,15,16,19)/t11-,12+/m0/s1. The fourth-order valence-electron chi connectivity index (χ4n) is 2.53. The van der Waals surface area contributed by atoms with Crippen LogP contribution in [0.15, 0.2) is 18.5 Å². The van der Waals surface area contributed by atoms with Gasteiger partial charge < -0.3 is 10.1 Å². The van der Waals surface area contributed by atoms with Crippen LogP contribution in [0, 0.1) is 13.8 Å². The van der Waals surface area contributed by atoms with Crippen LogP contribution in [0.2, 0.25) is 0 Å². The van der Waals surface area contributed by atoms with Gasteiger partial charge in [0, 0.05) is 12.3 Å². The normalized spacial score (nSPS) is 21.4. The van der Waals surface area contributed by atoms with E-state index in [1.807, 2.05) is 19.9 Å². The molecule has 0 spiro atoms. The van der Waals surface area contributed by atoms with Gasteiger partial charge in [0.2, 0.25) is 0 Å². The van der Waals surface area contributed by atoms with Crippen LogP contribution in [0.3, 0.4) is 0 Å². The van der Waals surface area contributed by atoms with E-state index in [1.54, 1.807) is 6.07 Å². The highest BCUT2D eigenvalue weighted by Crippen LogP contribution is 2.26. The Bertz CT molecular complexity index is 641. The molecule has 0 bridgehead atoms. The molecule has 1 fully saturated rings. The molecule has 1 amide bonds. The van der Waals surface area contributed by atoms with Gasteiger partial charge in [-0.15, -0.1) is 0 Å². The van der Waals surface area contributed by atoms with Crippen LogP contribution in [0.4, 0.5) is 0 Å². The lowest BCUT2D eigenvalue weighted by atomic mass is 10.1. The Morgan fingerprint density at radius 3 is 3.00 bits per heavy atom. The van der Waals surface area contributed by atoms with Gasteiger partial charge in [-0.1, -0.05) is 0 Å². The molecule has 0 unspecified atom stereocenters. The minimum Gasteiger partial charge on any atom is -0.368 e. The summed E-state index contributed by atoms with van der Waals surface area (Å²) < 4.78 is 5.63. The molecule has 2 atom stereocenters. The van der Waals surface area contributed by atoms with E-state index in [0.29, 0.717) is 18.0 Å². The monoisotopic (exact) mass is 287 g/mol. The highest BCUT2D eigenvalue weighted by Gasteiger charge is 2.33. The zero-order chi connectivity index (χ0) is 14.8. The molecule has 7 heteroatoms. The third-order valence-corrected chi connectivity index (χ3v) is 3.58. The quantitative estimate of drug-likeness (QED) is 0.881. The van der Waals surface area contributed by atoms with E-state index in [1.165, 1.54) is 6.33 Å². The average Bonchev–Trinajstić information content (AvgIpc) is 3.08. The van der Waals surface area contributed by atoms with Crippen molar-refractivity contribution in [3.63, 3.8) is 0 Å². The number of nitrogens with zero attached hydrogens (tertiary/aromatic N) is 3. The number of H-pyrrole nitrogens is 1. The van der Waals surface area contributed by atoms with E-state index in [0.717, 1.165) is 17.8 Å². The molecule has 21 heavy (non-hydrogen) atoms. The number of amides is 1. The van der Waals surface area contributed by atoms with Gasteiger partial charge in [0.05, 0.1) is 17.3 Å². The second-order valence-electron chi connectivity index (χ2n) is 5.12. The molecule has 0 radical (unpaired) electrons. The summed E-state index contributed by atoms with van der Waals surface area (Å²) in [6.45, 7) is 4.32. The summed E-state index contributed by atoms with van der Waals surface area (Å²) in [6, 6.07) is 3.51. The zero-order valence-corrected chi connectivity index (χ0v) is 12.0. The van der Waals surface area contributed by atoms with Crippen LogP contribution >= 0.6 is 0 Å². The van der Waals surface area contributed by atoms with E-state index >= 15 is 0 Å². The predicted octanol–water partition coefficient (Wildman–Crippen LogP) is 1.08. The van der Waals surface area contributed by atoms with Crippen LogP contribution in [0.5, 0.6) is 0 Å². The highest BCUT2D eigenvalue weighted by molar-refractivity contribution is 5.95. The number of aromatic amines is 1. The summed E-state index contributed by atoms with van der Waals surface area (Å²) in [5.74, 6) is 0.497. The van der Waals surface area contributed by atoms with Crippen LogP contribution in [0.25, 0.3) is 0 Å². The smallest absolute Gasteiger partial charge is 0.253 e. The summed E-state index contributed by atoms with van der Waals surface area (Å²) in [5.41, 5.74) is 2.21. The van der Waals surface area contributed by atoms with Gasteiger partial charge in [-0.05, 0) is 32.4 Å². The van der Waals surface area contributed by atoms with Gasteiger partial charge in [-0.3, -0.25) is 14.9 Å². The number of hydrogen-bond donors (Lipinski definition) is 2. The Hall–Kier alpha value is -2.28. The predicted molar refractivity (Wildman–Crippen MR) is 74.7 cm³/mol. The Balaban J connectivity index is 1.75. The summed E-state index contributed by atoms with van der Waals surface area (Å²) in [5, 5.41) is 9.62. The summed E-state index contributed by atoms with van der Waals surface area (Å²) in [7, 11) is 0. The minimum atomic E-state index is -0.282. The van der Waals surface area contributed by atoms with Crippen molar-refractivity contribution in [3.8, 4) is 0 Å². The lowest BCUT2D eigenvalue weighted by Gasteiger charge is -2.18. The van der Waals surface area contributed by atoms with Gasteiger partial charge in [-0.25, -0.2) is 4.98 Å². The van der Waals surface area contributed by atoms with E-state index in [9.17, 15) is 4.79 Å². The van der Waals surface area contributed by atoms with Crippen LogP contribution in [-0.2, 0) is 4.74 Å². The first-order valence-electron chi connectivity index (χ1n) is 6.87. The van der Waals surface area contributed by atoms with E-state index < -0.39 is 0 Å². The molecule has 110 valence electrons. The summed E-state index contributed by atoms with van der Waals surface area (Å²) in [4.78, 5) is 20.8. The zero-order valence-electron chi connectivity index (χ0n) is 12.0. The van der Waals surface area contributed by atoms with Crippen molar-refractivity contribution >= 4 is 5.91 Å². The average molecular weight is 287 g/mol. The molecule has 0 aromatic carbocycles. The van der Waals surface area contributed by atoms with E-state index in [2.05, 4.69) is 25.5 Å².